The van der Waals surface area contributed by atoms with E-state index in [0.717, 1.165) is 0 Å². The first kappa shape index (κ1) is 20.3. The number of ketones is 2. The van der Waals surface area contributed by atoms with E-state index in [2.05, 4.69) is 4.74 Å². The first-order valence-electron chi connectivity index (χ1n) is 9.34. The molecule has 0 aliphatic carbocycles. The molecule has 3 aromatic carbocycles. The molecule has 1 heterocycles. The number of hydrogen-bond acceptors (Lipinski definition) is 5. The van der Waals surface area contributed by atoms with E-state index in [1.54, 1.807) is 42.5 Å². The highest BCUT2D eigenvalue weighted by molar-refractivity contribution is 6.14. The van der Waals surface area contributed by atoms with Crippen LogP contribution in [0.3, 0.4) is 0 Å². The molecular weight excluding hydrogens is 406 g/mol. The Bertz CT molecular complexity index is 1160. The van der Waals surface area contributed by atoms with Gasteiger partial charge in [0, 0.05) is 17.2 Å². The van der Waals surface area contributed by atoms with E-state index in [9.17, 15) is 18.4 Å². The van der Waals surface area contributed by atoms with Gasteiger partial charge in [0.05, 0.1) is 5.56 Å². The van der Waals surface area contributed by atoms with Crippen LogP contribution in [-0.4, -0.2) is 24.8 Å². The van der Waals surface area contributed by atoms with Crippen molar-refractivity contribution in [1.29, 1.82) is 0 Å². The predicted molar refractivity (Wildman–Crippen MR) is 109 cm³/mol. The predicted octanol–water partition coefficient (Wildman–Crippen LogP) is 5.17. The minimum atomic E-state index is -2.99. The van der Waals surface area contributed by atoms with Crippen molar-refractivity contribution in [3.63, 3.8) is 0 Å². The maximum atomic E-state index is 12.6. The third-order valence-corrected chi connectivity index (χ3v) is 4.53. The van der Waals surface area contributed by atoms with Gasteiger partial charge in [-0.05, 0) is 24.3 Å². The zero-order valence-corrected chi connectivity index (χ0v) is 16.1. The van der Waals surface area contributed by atoms with E-state index < -0.39 is 12.4 Å². The number of fused-ring (bicyclic) bond motifs is 1. The molecule has 0 N–H and O–H groups in total. The molecule has 4 rings (SSSR count). The average Bonchev–Trinajstić information content (AvgIpc) is 3.08. The number of ether oxygens (including phenoxy) is 3. The number of rotatable bonds is 7. The standard InChI is InChI=1S/C24H16F2O5/c25-24(26)31-20-9-5-4-8-16(20)12-22-23(28)18-11-10-17(13-21(18)30-22)29-14-19(27)15-6-2-1-3-7-15/h1-13,24H,14H2/b22-12-. The zero-order valence-electron chi connectivity index (χ0n) is 16.1. The molecule has 3 aromatic rings. The number of hydrogen-bond donors (Lipinski definition) is 0. The van der Waals surface area contributed by atoms with Gasteiger partial charge >= 0.3 is 6.61 Å². The van der Waals surface area contributed by atoms with Crippen molar-refractivity contribution >= 4 is 17.6 Å². The Morgan fingerprint density at radius 1 is 1.00 bits per heavy atom. The lowest BCUT2D eigenvalue weighted by molar-refractivity contribution is -0.0500. The molecule has 1 aliphatic heterocycles. The molecule has 1 aliphatic rings. The van der Waals surface area contributed by atoms with Crippen LogP contribution in [0, 0.1) is 0 Å². The van der Waals surface area contributed by atoms with Crippen LogP contribution in [0.15, 0.2) is 78.6 Å². The minimum Gasteiger partial charge on any atom is -0.485 e. The van der Waals surface area contributed by atoms with E-state index >= 15 is 0 Å². The largest absolute Gasteiger partial charge is 0.485 e. The molecule has 5 nitrogen and oxygen atoms in total. The Morgan fingerprint density at radius 2 is 1.74 bits per heavy atom. The molecular formula is C24H16F2O5. The molecule has 0 saturated heterocycles. The molecule has 0 atom stereocenters. The van der Waals surface area contributed by atoms with Gasteiger partial charge in [0.2, 0.25) is 5.78 Å². The SMILES string of the molecule is O=C(COc1ccc2c(c1)O/C(=C\c1ccccc1OC(F)F)C2=O)c1ccccc1. The molecule has 31 heavy (non-hydrogen) atoms. The lowest BCUT2D eigenvalue weighted by atomic mass is 10.1. The fourth-order valence-corrected chi connectivity index (χ4v) is 3.06. The minimum absolute atomic E-state index is 0.0298. The van der Waals surface area contributed by atoms with Gasteiger partial charge in [-0.25, -0.2) is 0 Å². The first-order chi connectivity index (χ1) is 15.0. The van der Waals surface area contributed by atoms with Crippen LogP contribution in [-0.2, 0) is 0 Å². The summed E-state index contributed by atoms with van der Waals surface area (Å²) in [6.45, 7) is -3.16. The third-order valence-electron chi connectivity index (χ3n) is 4.53. The van der Waals surface area contributed by atoms with Crippen molar-refractivity contribution in [3.05, 3.63) is 95.2 Å². The Balaban J connectivity index is 1.50. The van der Waals surface area contributed by atoms with E-state index in [1.165, 1.54) is 30.3 Å². The average molecular weight is 422 g/mol. The molecule has 0 aromatic heterocycles. The maximum Gasteiger partial charge on any atom is 0.387 e. The molecule has 156 valence electrons. The van der Waals surface area contributed by atoms with Gasteiger partial charge in [0.15, 0.2) is 18.1 Å². The van der Waals surface area contributed by atoms with Gasteiger partial charge in [-0.15, -0.1) is 0 Å². The zero-order chi connectivity index (χ0) is 21.8. The second-order valence-electron chi connectivity index (χ2n) is 6.59. The second-order valence-corrected chi connectivity index (χ2v) is 6.59. The number of para-hydroxylation sites is 1. The van der Waals surface area contributed by atoms with Crippen molar-refractivity contribution in [2.24, 2.45) is 0 Å². The summed E-state index contributed by atoms with van der Waals surface area (Å²) < 4.78 is 40.9. The van der Waals surface area contributed by atoms with Crippen LogP contribution >= 0.6 is 0 Å². The fourth-order valence-electron chi connectivity index (χ4n) is 3.06. The summed E-state index contributed by atoms with van der Waals surface area (Å²) in [5, 5.41) is 0. The van der Waals surface area contributed by atoms with E-state index in [0.29, 0.717) is 16.9 Å². The molecule has 0 spiro atoms. The monoisotopic (exact) mass is 422 g/mol. The van der Waals surface area contributed by atoms with E-state index in [1.807, 2.05) is 6.07 Å². The smallest absolute Gasteiger partial charge is 0.387 e. The highest BCUT2D eigenvalue weighted by Crippen LogP contribution is 2.36. The van der Waals surface area contributed by atoms with Crippen molar-refractivity contribution in [2.75, 3.05) is 6.61 Å². The summed E-state index contributed by atoms with van der Waals surface area (Å²) in [5.41, 5.74) is 1.12. The number of benzene rings is 3. The summed E-state index contributed by atoms with van der Waals surface area (Å²) in [4.78, 5) is 24.8. The molecule has 0 saturated carbocycles. The van der Waals surface area contributed by atoms with E-state index in [4.69, 9.17) is 9.47 Å². The van der Waals surface area contributed by atoms with Crippen LogP contribution in [0.4, 0.5) is 8.78 Å². The lowest BCUT2D eigenvalue weighted by Gasteiger charge is -2.08. The lowest BCUT2D eigenvalue weighted by Crippen LogP contribution is -2.11. The Labute approximate surface area is 176 Å². The van der Waals surface area contributed by atoms with Crippen LogP contribution in [0.25, 0.3) is 6.08 Å². The van der Waals surface area contributed by atoms with Gasteiger partial charge in [0.25, 0.3) is 0 Å². The van der Waals surface area contributed by atoms with Gasteiger partial charge in [-0.2, -0.15) is 8.78 Å². The highest BCUT2D eigenvalue weighted by atomic mass is 19.3. The number of carbonyl (C=O) groups excluding carboxylic acids is 2. The summed E-state index contributed by atoms with van der Waals surface area (Å²) in [6.07, 6.45) is 1.35. The summed E-state index contributed by atoms with van der Waals surface area (Å²) in [5.74, 6) is -0.0617. The molecule has 0 radical (unpaired) electrons. The van der Waals surface area contributed by atoms with Gasteiger partial charge < -0.3 is 14.2 Å². The first-order valence-corrected chi connectivity index (χ1v) is 9.34. The molecule has 0 unspecified atom stereocenters. The summed E-state index contributed by atoms with van der Waals surface area (Å²) in [6, 6.07) is 19.4. The van der Waals surface area contributed by atoms with Crippen LogP contribution in [0.1, 0.15) is 26.3 Å². The molecule has 7 heteroatoms. The third kappa shape index (κ3) is 4.61. The van der Waals surface area contributed by atoms with Gasteiger partial charge in [-0.1, -0.05) is 48.5 Å². The number of halogens is 2. The topological polar surface area (TPSA) is 61.8 Å². The Hall–Kier alpha value is -4.00. The maximum absolute atomic E-state index is 12.6. The van der Waals surface area contributed by atoms with Crippen molar-refractivity contribution in [1.82, 2.24) is 0 Å². The Kier molecular flexibility index (Phi) is 5.75. The van der Waals surface area contributed by atoms with Crippen LogP contribution < -0.4 is 14.2 Å². The van der Waals surface area contributed by atoms with Crippen LogP contribution in [0.5, 0.6) is 17.2 Å². The normalized spacial score (nSPS) is 13.8. The number of carbonyl (C=O) groups is 2. The van der Waals surface area contributed by atoms with Crippen molar-refractivity contribution < 1.29 is 32.6 Å². The van der Waals surface area contributed by atoms with Crippen molar-refractivity contribution in [2.45, 2.75) is 6.61 Å². The van der Waals surface area contributed by atoms with Gasteiger partial charge in [-0.3, -0.25) is 9.59 Å². The highest BCUT2D eigenvalue weighted by Gasteiger charge is 2.28. The fraction of sp³-hybridized carbons (Fsp3) is 0.0833. The molecule has 0 fully saturated rings. The number of alkyl halides is 2. The summed E-state index contributed by atoms with van der Waals surface area (Å²) in [7, 11) is 0. The number of Topliss-reactive ketones (excluding diaryl/α,β-unsaturated/α-hetero) is 2. The summed E-state index contributed by atoms with van der Waals surface area (Å²) >= 11 is 0. The Morgan fingerprint density at radius 3 is 2.52 bits per heavy atom. The van der Waals surface area contributed by atoms with Crippen molar-refractivity contribution in [3.8, 4) is 17.2 Å². The number of allylic oxidation sites excluding steroid dienone is 1. The second kappa shape index (κ2) is 8.79. The van der Waals surface area contributed by atoms with Crippen LogP contribution in [0.2, 0.25) is 0 Å². The quantitative estimate of drug-likeness (QED) is 0.389. The van der Waals surface area contributed by atoms with Gasteiger partial charge in [0.1, 0.15) is 17.2 Å². The molecule has 0 amide bonds. The van der Waals surface area contributed by atoms with E-state index in [-0.39, 0.29) is 35.2 Å². The molecule has 0 bridgehead atoms.